The summed E-state index contributed by atoms with van der Waals surface area (Å²) in [6, 6.07) is 9.79. The van der Waals surface area contributed by atoms with E-state index in [1.165, 1.54) is 0 Å². The van der Waals surface area contributed by atoms with Gasteiger partial charge in [0, 0.05) is 4.90 Å². The fourth-order valence-electron chi connectivity index (χ4n) is 0.428. The van der Waals surface area contributed by atoms with Crippen molar-refractivity contribution in [1.82, 2.24) is 0 Å². The van der Waals surface area contributed by atoms with Crippen LogP contribution in [0.15, 0.2) is 35.2 Å². The fraction of sp³-hybridized carbons (Fsp3) is 0. The van der Waals surface area contributed by atoms with Crippen molar-refractivity contribution >= 4 is 53.1 Å². The monoisotopic (exact) mass is 212 g/mol. The molecule has 0 saturated heterocycles. The first-order valence-corrected chi connectivity index (χ1v) is 2.58. The standard InChI is InChI=1S/C6H6S.3H2S/c7-6-4-2-1-3-5-6;;;/h1-5,7H;3*1H2. The zero-order chi connectivity index (χ0) is 5.11. The van der Waals surface area contributed by atoms with Gasteiger partial charge in [-0.05, 0) is 12.1 Å². The average Bonchev–Trinajstić information content (AvgIpc) is 1.69. The van der Waals surface area contributed by atoms with Crippen molar-refractivity contribution in [3.63, 3.8) is 0 Å². The number of thiol groups is 1. The van der Waals surface area contributed by atoms with Gasteiger partial charge < -0.3 is 0 Å². The summed E-state index contributed by atoms with van der Waals surface area (Å²) >= 11 is 4.08. The second kappa shape index (κ2) is 9.62. The van der Waals surface area contributed by atoms with Crippen LogP contribution in [-0.4, -0.2) is 0 Å². The van der Waals surface area contributed by atoms with Gasteiger partial charge in [-0.25, -0.2) is 0 Å². The topological polar surface area (TPSA) is 0 Å². The molecule has 1 rings (SSSR count). The van der Waals surface area contributed by atoms with Gasteiger partial charge in [-0.3, -0.25) is 0 Å². The first-order chi connectivity index (χ1) is 3.39. The van der Waals surface area contributed by atoms with Crippen LogP contribution in [0.2, 0.25) is 0 Å². The molecule has 1 aromatic rings. The van der Waals surface area contributed by atoms with Crippen LogP contribution in [0.1, 0.15) is 0 Å². The second-order valence-corrected chi connectivity index (χ2v) is 1.85. The summed E-state index contributed by atoms with van der Waals surface area (Å²) in [5, 5.41) is 0. The van der Waals surface area contributed by atoms with Crippen molar-refractivity contribution in [2.45, 2.75) is 4.90 Å². The van der Waals surface area contributed by atoms with Crippen molar-refractivity contribution in [2.75, 3.05) is 0 Å². The Morgan fingerprint density at radius 1 is 0.800 bits per heavy atom. The normalized spacial score (nSPS) is 6.10. The SMILES string of the molecule is S.S.S.Sc1ccccc1. The number of hydrogen-bond acceptors (Lipinski definition) is 1. The highest BCUT2D eigenvalue weighted by atomic mass is 32.1. The van der Waals surface area contributed by atoms with Gasteiger partial charge in [0.2, 0.25) is 0 Å². The van der Waals surface area contributed by atoms with E-state index in [4.69, 9.17) is 0 Å². The van der Waals surface area contributed by atoms with Gasteiger partial charge in [0.1, 0.15) is 0 Å². The van der Waals surface area contributed by atoms with E-state index in [0.29, 0.717) is 0 Å². The van der Waals surface area contributed by atoms with Crippen LogP contribution >= 0.6 is 53.1 Å². The molecule has 0 spiro atoms. The van der Waals surface area contributed by atoms with Gasteiger partial charge >= 0.3 is 0 Å². The highest BCUT2D eigenvalue weighted by Crippen LogP contribution is 2.00. The third-order valence-corrected chi connectivity index (χ3v) is 1.05. The number of hydrogen-bond donors (Lipinski definition) is 1. The summed E-state index contributed by atoms with van der Waals surface area (Å²) in [6.45, 7) is 0. The van der Waals surface area contributed by atoms with Gasteiger partial charge in [0.05, 0.1) is 0 Å². The molecule has 0 amide bonds. The van der Waals surface area contributed by atoms with Crippen molar-refractivity contribution in [3.8, 4) is 0 Å². The van der Waals surface area contributed by atoms with Crippen LogP contribution in [-0.2, 0) is 0 Å². The Kier molecular flexibility index (Phi) is 16.3. The van der Waals surface area contributed by atoms with Crippen LogP contribution in [0.5, 0.6) is 0 Å². The highest BCUT2D eigenvalue weighted by Gasteiger charge is 1.73. The molecule has 0 nitrogen and oxygen atoms in total. The molecule has 10 heavy (non-hydrogen) atoms. The predicted octanol–water partition coefficient (Wildman–Crippen LogP) is 2.31. The van der Waals surface area contributed by atoms with Crippen LogP contribution in [0, 0.1) is 0 Å². The Morgan fingerprint density at radius 2 is 1.20 bits per heavy atom. The molecule has 0 N–H and O–H groups in total. The number of benzene rings is 1. The van der Waals surface area contributed by atoms with Crippen molar-refractivity contribution in [1.29, 1.82) is 0 Å². The largest absolute Gasteiger partial charge is 0.197 e. The predicted molar refractivity (Wildman–Crippen MR) is 64.8 cm³/mol. The number of rotatable bonds is 0. The molecule has 1 aromatic carbocycles. The summed E-state index contributed by atoms with van der Waals surface area (Å²) in [5.41, 5.74) is 0. The van der Waals surface area contributed by atoms with E-state index in [9.17, 15) is 0 Å². The van der Waals surface area contributed by atoms with Crippen LogP contribution < -0.4 is 0 Å². The molecule has 0 fully saturated rings. The first-order valence-electron chi connectivity index (χ1n) is 2.13. The second-order valence-electron chi connectivity index (χ2n) is 1.34. The van der Waals surface area contributed by atoms with E-state index in [1.54, 1.807) is 0 Å². The first kappa shape index (κ1) is 16.9. The maximum Gasteiger partial charge on any atom is 0.00399 e. The van der Waals surface area contributed by atoms with E-state index in [0.717, 1.165) is 4.90 Å². The maximum absolute atomic E-state index is 4.08. The Morgan fingerprint density at radius 3 is 1.40 bits per heavy atom. The molecule has 0 atom stereocenters. The minimum atomic E-state index is 0. The smallest absolute Gasteiger partial charge is 0.00399 e. The molecule has 0 unspecified atom stereocenters. The third kappa shape index (κ3) is 6.74. The minimum Gasteiger partial charge on any atom is -0.197 e. The van der Waals surface area contributed by atoms with E-state index < -0.39 is 0 Å². The maximum atomic E-state index is 4.08. The lowest BCUT2D eigenvalue weighted by Gasteiger charge is -1.81. The summed E-state index contributed by atoms with van der Waals surface area (Å²) in [5.74, 6) is 0. The average molecular weight is 212 g/mol. The molecule has 0 saturated carbocycles. The zero-order valence-corrected chi connectivity index (χ0v) is 9.23. The lowest BCUT2D eigenvalue weighted by molar-refractivity contribution is 1.48. The molecular weight excluding hydrogens is 200 g/mol. The third-order valence-electron chi connectivity index (χ3n) is 0.756. The van der Waals surface area contributed by atoms with E-state index in [1.807, 2.05) is 30.3 Å². The molecule has 0 heterocycles. The Bertz CT molecular complexity index is 140. The van der Waals surface area contributed by atoms with Gasteiger partial charge in [-0.1, -0.05) is 18.2 Å². The van der Waals surface area contributed by atoms with Crippen molar-refractivity contribution in [2.24, 2.45) is 0 Å². The van der Waals surface area contributed by atoms with E-state index >= 15 is 0 Å². The molecule has 0 aliphatic carbocycles. The molecule has 4 heteroatoms. The van der Waals surface area contributed by atoms with Crippen LogP contribution in [0.4, 0.5) is 0 Å². The molecule has 0 bridgehead atoms. The van der Waals surface area contributed by atoms with Gasteiger partial charge in [-0.2, -0.15) is 40.5 Å². The van der Waals surface area contributed by atoms with Gasteiger partial charge in [0.15, 0.2) is 0 Å². The summed E-state index contributed by atoms with van der Waals surface area (Å²) < 4.78 is 0. The van der Waals surface area contributed by atoms with Crippen LogP contribution in [0.3, 0.4) is 0 Å². The molecule has 0 aromatic heterocycles. The highest BCUT2D eigenvalue weighted by molar-refractivity contribution is 7.80. The van der Waals surface area contributed by atoms with Crippen molar-refractivity contribution in [3.05, 3.63) is 30.3 Å². The van der Waals surface area contributed by atoms with Crippen molar-refractivity contribution < 1.29 is 0 Å². The Labute approximate surface area is 88.2 Å². The Balaban J connectivity index is -0.000000163. The summed E-state index contributed by atoms with van der Waals surface area (Å²) in [4.78, 5) is 1.02. The quantitative estimate of drug-likeness (QED) is 0.627. The van der Waals surface area contributed by atoms with Gasteiger partial charge in [0.25, 0.3) is 0 Å². The summed E-state index contributed by atoms with van der Waals surface area (Å²) in [6.07, 6.45) is 0. The molecular formula is C6H12S4. The van der Waals surface area contributed by atoms with E-state index in [-0.39, 0.29) is 40.5 Å². The lowest BCUT2D eigenvalue weighted by atomic mass is 10.4. The molecule has 60 valence electrons. The van der Waals surface area contributed by atoms with E-state index in [2.05, 4.69) is 12.6 Å². The molecule has 0 aliphatic rings. The van der Waals surface area contributed by atoms with Crippen LogP contribution in [0.25, 0.3) is 0 Å². The minimum absolute atomic E-state index is 0. The fourth-order valence-corrected chi connectivity index (χ4v) is 0.600. The zero-order valence-electron chi connectivity index (χ0n) is 5.33. The Hall–Kier alpha value is 0.620. The van der Waals surface area contributed by atoms with Gasteiger partial charge in [-0.15, -0.1) is 12.6 Å². The lowest BCUT2D eigenvalue weighted by Crippen LogP contribution is -1.56. The molecule has 0 radical (unpaired) electrons. The summed E-state index contributed by atoms with van der Waals surface area (Å²) in [7, 11) is 0. The molecule has 0 aliphatic heterocycles.